The molecule has 0 amide bonds. The number of nitrogens with zero attached hydrogens (tertiary/aromatic N) is 2. The number of allylic oxidation sites excluding steroid dienone is 2. The third kappa shape index (κ3) is 1.45. The summed E-state index contributed by atoms with van der Waals surface area (Å²) in [6.07, 6.45) is 9.53. The van der Waals surface area contributed by atoms with Gasteiger partial charge >= 0.3 is 0 Å². The van der Waals surface area contributed by atoms with E-state index in [1.165, 1.54) is 12.8 Å². The Hall–Kier alpha value is -1.61. The first-order valence-corrected chi connectivity index (χ1v) is 7.27. The standard InChI is InChI=1S/C16H18N2O/c17-10-15(11-18)14-5-3-1-2-4-8-16(14,15)12-6-7-13(19)9-12/h9,14H,1-8H2. The Bertz CT molecular complexity index is 520. The molecule has 2 unspecified atom stereocenters. The summed E-state index contributed by atoms with van der Waals surface area (Å²) in [4.78, 5) is 11.6. The van der Waals surface area contributed by atoms with Gasteiger partial charge in [0.2, 0.25) is 0 Å². The van der Waals surface area contributed by atoms with E-state index < -0.39 is 5.41 Å². The van der Waals surface area contributed by atoms with Crippen LogP contribution in [-0.4, -0.2) is 5.78 Å². The van der Waals surface area contributed by atoms with E-state index in [1.807, 2.05) is 0 Å². The van der Waals surface area contributed by atoms with Gasteiger partial charge in [-0.15, -0.1) is 0 Å². The second kappa shape index (κ2) is 4.20. The van der Waals surface area contributed by atoms with Gasteiger partial charge in [-0.1, -0.05) is 31.3 Å². The van der Waals surface area contributed by atoms with Crippen molar-refractivity contribution in [3.63, 3.8) is 0 Å². The predicted octanol–water partition coefficient (Wildman–Crippen LogP) is 3.28. The molecule has 0 heterocycles. The topological polar surface area (TPSA) is 64.7 Å². The zero-order valence-electron chi connectivity index (χ0n) is 11.1. The Morgan fingerprint density at radius 2 is 1.84 bits per heavy atom. The lowest BCUT2D eigenvalue weighted by Crippen LogP contribution is -2.14. The normalized spacial score (nSPS) is 36.2. The summed E-state index contributed by atoms with van der Waals surface area (Å²) >= 11 is 0. The van der Waals surface area contributed by atoms with E-state index in [0.29, 0.717) is 6.42 Å². The summed E-state index contributed by atoms with van der Waals surface area (Å²) < 4.78 is 0. The van der Waals surface area contributed by atoms with Crippen LogP contribution in [0.1, 0.15) is 51.4 Å². The molecule has 3 aliphatic rings. The molecule has 98 valence electrons. The zero-order valence-corrected chi connectivity index (χ0v) is 11.1. The first-order chi connectivity index (χ1) is 9.21. The number of hydrogen-bond acceptors (Lipinski definition) is 3. The Balaban J connectivity index is 2.04. The highest BCUT2D eigenvalue weighted by atomic mass is 16.1. The molecule has 3 nitrogen and oxygen atoms in total. The molecule has 0 aromatic rings. The van der Waals surface area contributed by atoms with Gasteiger partial charge in [0, 0.05) is 17.8 Å². The van der Waals surface area contributed by atoms with Gasteiger partial charge in [-0.25, -0.2) is 0 Å². The molecule has 0 N–H and O–H groups in total. The molecule has 3 heteroatoms. The van der Waals surface area contributed by atoms with Crippen LogP contribution < -0.4 is 0 Å². The van der Waals surface area contributed by atoms with Gasteiger partial charge in [0.15, 0.2) is 11.2 Å². The molecule has 2 saturated carbocycles. The summed E-state index contributed by atoms with van der Waals surface area (Å²) in [6, 6.07) is 4.64. The number of rotatable bonds is 1. The van der Waals surface area contributed by atoms with Crippen molar-refractivity contribution in [2.24, 2.45) is 16.7 Å². The quantitative estimate of drug-likeness (QED) is 0.721. The third-order valence-electron chi connectivity index (χ3n) is 5.45. The van der Waals surface area contributed by atoms with Gasteiger partial charge in [0.05, 0.1) is 12.1 Å². The minimum absolute atomic E-state index is 0.160. The molecule has 0 aromatic carbocycles. The van der Waals surface area contributed by atoms with Crippen molar-refractivity contribution in [3.8, 4) is 12.1 Å². The number of fused-ring (bicyclic) bond motifs is 1. The van der Waals surface area contributed by atoms with Gasteiger partial charge in [0.1, 0.15) is 0 Å². The highest BCUT2D eigenvalue weighted by molar-refractivity contribution is 5.93. The third-order valence-corrected chi connectivity index (χ3v) is 5.45. The van der Waals surface area contributed by atoms with Crippen LogP contribution in [0.15, 0.2) is 11.6 Å². The summed E-state index contributed by atoms with van der Waals surface area (Å²) in [6.45, 7) is 0. The molecule has 0 saturated heterocycles. The average molecular weight is 254 g/mol. The monoisotopic (exact) mass is 254 g/mol. The minimum atomic E-state index is -0.853. The molecule has 2 fully saturated rings. The van der Waals surface area contributed by atoms with Crippen molar-refractivity contribution < 1.29 is 4.79 Å². The van der Waals surface area contributed by atoms with Crippen LogP contribution in [0.2, 0.25) is 0 Å². The Kier molecular flexibility index (Phi) is 2.75. The highest BCUT2D eigenvalue weighted by Gasteiger charge is 2.78. The SMILES string of the molecule is N#CC1(C#N)C2CCCCCCC21C1=CC(=O)CC1. The van der Waals surface area contributed by atoms with E-state index in [1.54, 1.807) is 6.08 Å². The van der Waals surface area contributed by atoms with Crippen LogP contribution in [0.3, 0.4) is 0 Å². The molecule has 2 atom stereocenters. The van der Waals surface area contributed by atoms with Crippen LogP contribution >= 0.6 is 0 Å². The minimum Gasteiger partial charge on any atom is -0.295 e. The molecular formula is C16H18N2O. The average Bonchev–Trinajstić information content (AvgIpc) is 2.67. The van der Waals surface area contributed by atoms with E-state index in [0.717, 1.165) is 37.7 Å². The molecule has 0 bridgehead atoms. The summed E-state index contributed by atoms with van der Waals surface area (Å²) in [5.74, 6) is 0.328. The molecular weight excluding hydrogens is 236 g/mol. The number of carbonyl (C=O) groups excluding carboxylic acids is 1. The van der Waals surface area contributed by atoms with E-state index in [-0.39, 0.29) is 17.1 Å². The van der Waals surface area contributed by atoms with E-state index in [9.17, 15) is 15.3 Å². The molecule has 0 aromatic heterocycles. The van der Waals surface area contributed by atoms with E-state index >= 15 is 0 Å². The van der Waals surface area contributed by atoms with Crippen molar-refractivity contribution in [1.29, 1.82) is 10.5 Å². The second-order valence-corrected chi connectivity index (χ2v) is 6.14. The molecule has 0 radical (unpaired) electrons. The van der Waals surface area contributed by atoms with Crippen LogP contribution in [0, 0.1) is 39.4 Å². The maximum absolute atomic E-state index is 11.6. The summed E-state index contributed by atoms with van der Waals surface area (Å²) in [7, 11) is 0. The molecule has 0 aliphatic heterocycles. The fourth-order valence-electron chi connectivity index (χ4n) is 4.52. The highest BCUT2D eigenvalue weighted by Crippen LogP contribution is 2.77. The number of ketones is 1. The Labute approximate surface area is 113 Å². The zero-order chi connectivity index (χ0) is 13.5. The van der Waals surface area contributed by atoms with Crippen LogP contribution in [0.25, 0.3) is 0 Å². The van der Waals surface area contributed by atoms with Crippen LogP contribution in [-0.2, 0) is 4.79 Å². The lowest BCUT2D eigenvalue weighted by molar-refractivity contribution is -0.114. The van der Waals surface area contributed by atoms with E-state index in [2.05, 4.69) is 12.1 Å². The van der Waals surface area contributed by atoms with Gasteiger partial charge in [-0.3, -0.25) is 4.79 Å². The van der Waals surface area contributed by atoms with Gasteiger partial charge in [-0.2, -0.15) is 10.5 Å². The lowest BCUT2D eigenvalue weighted by atomic mass is 9.80. The van der Waals surface area contributed by atoms with Crippen LogP contribution in [0.4, 0.5) is 0 Å². The van der Waals surface area contributed by atoms with Gasteiger partial charge < -0.3 is 0 Å². The van der Waals surface area contributed by atoms with Gasteiger partial charge in [0.25, 0.3) is 0 Å². The van der Waals surface area contributed by atoms with Gasteiger partial charge in [-0.05, 0) is 25.3 Å². The Morgan fingerprint density at radius 1 is 1.11 bits per heavy atom. The Morgan fingerprint density at radius 3 is 2.47 bits per heavy atom. The van der Waals surface area contributed by atoms with Crippen LogP contribution in [0.5, 0.6) is 0 Å². The maximum atomic E-state index is 11.6. The lowest BCUT2D eigenvalue weighted by Gasteiger charge is -2.21. The van der Waals surface area contributed by atoms with Crippen molar-refractivity contribution in [3.05, 3.63) is 11.6 Å². The van der Waals surface area contributed by atoms with Crippen molar-refractivity contribution in [2.75, 3.05) is 0 Å². The van der Waals surface area contributed by atoms with E-state index in [4.69, 9.17) is 0 Å². The number of carbonyl (C=O) groups is 1. The maximum Gasteiger partial charge on any atom is 0.157 e. The van der Waals surface area contributed by atoms with Crippen molar-refractivity contribution in [2.45, 2.75) is 51.4 Å². The first kappa shape index (κ1) is 12.4. The predicted molar refractivity (Wildman–Crippen MR) is 69.6 cm³/mol. The fourth-order valence-corrected chi connectivity index (χ4v) is 4.52. The van der Waals surface area contributed by atoms with Crippen molar-refractivity contribution in [1.82, 2.24) is 0 Å². The molecule has 3 rings (SSSR count). The molecule has 0 spiro atoms. The first-order valence-electron chi connectivity index (χ1n) is 7.27. The summed E-state index contributed by atoms with van der Waals surface area (Å²) in [5.41, 5.74) is -0.0378. The number of nitriles is 2. The molecule has 19 heavy (non-hydrogen) atoms. The number of hydrogen-bond donors (Lipinski definition) is 0. The van der Waals surface area contributed by atoms with Crippen molar-refractivity contribution >= 4 is 5.78 Å². The fraction of sp³-hybridized carbons (Fsp3) is 0.688. The largest absolute Gasteiger partial charge is 0.295 e. The summed E-state index contributed by atoms with van der Waals surface area (Å²) in [5, 5.41) is 19.2. The smallest absolute Gasteiger partial charge is 0.157 e. The molecule has 3 aliphatic carbocycles. The second-order valence-electron chi connectivity index (χ2n) is 6.14.